The van der Waals surface area contributed by atoms with Crippen molar-refractivity contribution in [2.24, 2.45) is 0 Å². The molecule has 120 valence electrons. The molecule has 0 atom stereocenters. The van der Waals surface area contributed by atoms with Crippen LogP contribution in [-0.4, -0.2) is 43.5 Å². The van der Waals surface area contributed by atoms with Crippen LogP contribution in [0, 0.1) is 10.1 Å². The number of benzene rings is 1. The maximum absolute atomic E-state index is 12.3. The zero-order valence-electron chi connectivity index (χ0n) is 12.2. The van der Waals surface area contributed by atoms with Gasteiger partial charge in [0.2, 0.25) is 11.6 Å². The lowest BCUT2D eigenvalue weighted by Gasteiger charge is -2.04. The van der Waals surface area contributed by atoms with Crippen molar-refractivity contribution in [3.63, 3.8) is 0 Å². The summed E-state index contributed by atoms with van der Waals surface area (Å²) in [5.41, 5.74) is 0.0397. The molecule has 0 amide bonds. The van der Waals surface area contributed by atoms with E-state index < -0.39 is 16.7 Å². The molecule has 0 spiro atoms. The predicted octanol–water partition coefficient (Wildman–Crippen LogP) is 0.765. The first-order valence-electron chi connectivity index (χ1n) is 6.74. The van der Waals surface area contributed by atoms with E-state index in [0.29, 0.717) is 6.42 Å². The molecule has 0 bridgehead atoms. The molecule has 1 heterocycles. The maximum Gasteiger partial charge on any atom is 0.327 e. The molecule has 0 unspecified atom stereocenters. The van der Waals surface area contributed by atoms with Crippen LogP contribution in [0.2, 0.25) is 0 Å². The average Bonchev–Trinajstić information content (AvgIpc) is 3.00. The highest BCUT2D eigenvalue weighted by Gasteiger charge is 2.20. The van der Waals surface area contributed by atoms with Crippen molar-refractivity contribution in [1.82, 2.24) is 20.2 Å². The summed E-state index contributed by atoms with van der Waals surface area (Å²) in [5, 5.41) is 21.2. The second kappa shape index (κ2) is 7.20. The van der Waals surface area contributed by atoms with Gasteiger partial charge in [-0.25, -0.2) is 4.68 Å². The Morgan fingerprint density at radius 1 is 1.30 bits per heavy atom. The lowest BCUT2D eigenvalue weighted by molar-refractivity contribution is -0.384. The quantitative estimate of drug-likeness (QED) is 0.316. The van der Waals surface area contributed by atoms with Crippen molar-refractivity contribution < 1.29 is 19.2 Å². The van der Waals surface area contributed by atoms with Crippen molar-refractivity contribution in [2.45, 2.75) is 19.9 Å². The molecule has 1 aromatic carbocycles. The largest absolute Gasteiger partial charge is 0.464 e. The molecule has 0 aliphatic rings. The fraction of sp³-hybridized carbons (Fsp3) is 0.308. The summed E-state index contributed by atoms with van der Waals surface area (Å²) in [4.78, 5) is 33.9. The number of ketones is 1. The number of ether oxygens (including phenoxy) is 1. The molecule has 2 aromatic rings. The van der Waals surface area contributed by atoms with E-state index in [1.807, 2.05) is 6.92 Å². The van der Waals surface area contributed by atoms with E-state index in [2.05, 4.69) is 15.5 Å². The first-order valence-corrected chi connectivity index (χ1v) is 6.74. The molecule has 10 nitrogen and oxygen atoms in total. The molecule has 2 rings (SSSR count). The molecule has 0 aliphatic heterocycles. The number of non-ortho nitro benzene ring substituents is 1. The molecule has 23 heavy (non-hydrogen) atoms. The van der Waals surface area contributed by atoms with Gasteiger partial charge in [0.15, 0.2) is 0 Å². The Morgan fingerprint density at radius 3 is 2.61 bits per heavy atom. The van der Waals surface area contributed by atoms with Gasteiger partial charge in [-0.3, -0.25) is 19.7 Å². The standard InChI is InChI=1S/C13H13N5O5/c1-2-7-23-11(19)8-17-13(14-15-16-17)12(20)9-3-5-10(6-4-9)18(21)22/h3-6H,2,7-8H2,1H3. The summed E-state index contributed by atoms with van der Waals surface area (Å²) in [6.07, 6.45) is 0.677. The Bertz CT molecular complexity index is 725. The topological polar surface area (TPSA) is 130 Å². The Morgan fingerprint density at radius 2 is 2.00 bits per heavy atom. The number of esters is 1. The van der Waals surface area contributed by atoms with E-state index in [0.717, 1.165) is 4.68 Å². The van der Waals surface area contributed by atoms with Gasteiger partial charge in [0.25, 0.3) is 5.69 Å². The molecule has 0 saturated carbocycles. The SMILES string of the molecule is CCCOC(=O)Cn1nnnc1C(=O)c1ccc([N+](=O)[O-])cc1. The molecule has 0 radical (unpaired) electrons. The normalized spacial score (nSPS) is 10.3. The summed E-state index contributed by atoms with van der Waals surface area (Å²) in [6, 6.07) is 5.01. The summed E-state index contributed by atoms with van der Waals surface area (Å²) < 4.78 is 5.93. The second-order valence-electron chi connectivity index (χ2n) is 4.51. The Hall–Kier alpha value is -3.17. The third kappa shape index (κ3) is 3.93. The number of aromatic nitrogens is 4. The van der Waals surface area contributed by atoms with Gasteiger partial charge in [0.1, 0.15) is 6.54 Å². The van der Waals surface area contributed by atoms with Gasteiger partial charge in [-0.1, -0.05) is 6.92 Å². The summed E-state index contributed by atoms with van der Waals surface area (Å²) in [7, 11) is 0. The van der Waals surface area contributed by atoms with E-state index in [1.165, 1.54) is 24.3 Å². The highest BCUT2D eigenvalue weighted by Crippen LogP contribution is 2.14. The van der Waals surface area contributed by atoms with Crippen LogP contribution < -0.4 is 0 Å². The fourth-order valence-electron chi connectivity index (χ4n) is 1.72. The van der Waals surface area contributed by atoms with Crippen LogP contribution >= 0.6 is 0 Å². The molecule has 10 heteroatoms. The van der Waals surface area contributed by atoms with Crippen LogP contribution in [0.15, 0.2) is 24.3 Å². The summed E-state index contributed by atoms with van der Waals surface area (Å²) >= 11 is 0. The van der Waals surface area contributed by atoms with Gasteiger partial charge in [0, 0.05) is 17.7 Å². The number of tetrazole rings is 1. The van der Waals surface area contributed by atoms with Gasteiger partial charge in [-0.2, -0.15) is 0 Å². The lowest BCUT2D eigenvalue weighted by atomic mass is 10.1. The van der Waals surface area contributed by atoms with E-state index in [4.69, 9.17) is 4.74 Å². The molecule has 1 aromatic heterocycles. The highest BCUT2D eigenvalue weighted by atomic mass is 16.6. The number of nitro groups is 1. The minimum atomic E-state index is -0.567. The van der Waals surface area contributed by atoms with Crippen molar-refractivity contribution in [2.75, 3.05) is 6.61 Å². The van der Waals surface area contributed by atoms with E-state index >= 15 is 0 Å². The molecule has 0 saturated heterocycles. The number of nitro benzene ring substituents is 1. The monoisotopic (exact) mass is 319 g/mol. The van der Waals surface area contributed by atoms with Gasteiger partial charge in [-0.05, 0) is 29.0 Å². The first kappa shape index (κ1) is 16.2. The number of hydrogen-bond donors (Lipinski definition) is 0. The summed E-state index contributed by atoms with van der Waals surface area (Å²) in [5.74, 6) is -1.25. The third-order valence-corrected chi connectivity index (χ3v) is 2.82. The highest BCUT2D eigenvalue weighted by molar-refractivity contribution is 6.06. The first-order chi connectivity index (χ1) is 11.0. The number of carbonyl (C=O) groups excluding carboxylic acids is 2. The number of carbonyl (C=O) groups is 2. The number of hydrogen-bond acceptors (Lipinski definition) is 8. The van der Waals surface area contributed by atoms with Crippen LogP contribution in [0.5, 0.6) is 0 Å². The van der Waals surface area contributed by atoms with Crippen LogP contribution in [0.25, 0.3) is 0 Å². The Labute approximate surface area is 130 Å². The fourth-order valence-corrected chi connectivity index (χ4v) is 1.72. The van der Waals surface area contributed by atoms with E-state index in [9.17, 15) is 19.7 Å². The van der Waals surface area contributed by atoms with Crippen LogP contribution in [-0.2, 0) is 16.1 Å². The van der Waals surface area contributed by atoms with Gasteiger partial charge in [-0.15, -0.1) is 5.10 Å². The molecule has 0 N–H and O–H groups in total. The minimum Gasteiger partial charge on any atom is -0.464 e. The minimum absolute atomic E-state index is 0.135. The molecular formula is C13H13N5O5. The van der Waals surface area contributed by atoms with Crippen LogP contribution in [0.3, 0.4) is 0 Å². The van der Waals surface area contributed by atoms with Crippen molar-refractivity contribution in [3.8, 4) is 0 Å². The maximum atomic E-state index is 12.3. The third-order valence-electron chi connectivity index (χ3n) is 2.82. The Balaban J connectivity index is 2.15. The van der Waals surface area contributed by atoms with E-state index in [1.54, 1.807) is 0 Å². The van der Waals surface area contributed by atoms with Crippen LogP contribution in [0.4, 0.5) is 5.69 Å². The second-order valence-corrected chi connectivity index (χ2v) is 4.51. The van der Waals surface area contributed by atoms with Gasteiger partial charge >= 0.3 is 5.97 Å². The predicted molar refractivity (Wildman–Crippen MR) is 75.6 cm³/mol. The lowest BCUT2D eigenvalue weighted by Crippen LogP contribution is -2.20. The van der Waals surface area contributed by atoms with Gasteiger partial charge < -0.3 is 4.74 Å². The van der Waals surface area contributed by atoms with Crippen molar-refractivity contribution >= 4 is 17.4 Å². The molecule has 0 fully saturated rings. The molecule has 0 aliphatic carbocycles. The summed E-state index contributed by atoms with van der Waals surface area (Å²) in [6.45, 7) is 1.83. The smallest absolute Gasteiger partial charge is 0.327 e. The number of nitrogens with zero attached hydrogens (tertiary/aromatic N) is 5. The van der Waals surface area contributed by atoms with E-state index in [-0.39, 0.29) is 30.2 Å². The number of rotatable bonds is 7. The van der Waals surface area contributed by atoms with Crippen molar-refractivity contribution in [3.05, 3.63) is 45.8 Å². The Kier molecular flexibility index (Phi) is 5.07. The zero-order chi connectivity index (χ0) is 16.8. The van der Waals surface area contributed by atoms with Crippen molar-refractivity contribution in [1.29, 1.82) is 0 Å². The molecular weight excluding hydrogens is 306 g/mol. The average molecular weight is 319 g/mol. The van der Waals surface area contributed by atoms with Gasteiger partial charge in [0.05, 0.1) is 11.5 Å². The van der Waals surface area contributed by atoms with Crippen LogP contribution in [0.1, 0.15) is 29.5 Å². The zero-order valence-corrected chi connectivity index (χ0v) is 12.2.